The Bertz CT molecular complexity index is 463. The van der Waals surface area contributed by atoms with Crippen molar-refractivity contribution in [2.75, 3.05) is 5.32 Å². The Labute approximate surface area is 110 Å². The summed E-state index contributed by atoms with van der Waals surface area (Å²) in [5, 5.41) is 7.54. The average Bonchev–Trinajstić information content (AvgIpc) is 2.22. The van der Waals surface area contributed by atoms with Crippen molar-refractivity contribution < 1.29 is 0 Å². The third-order valence-corrected chi connectivity index (χ3v) is 3.93. The first kappa shape index (κ1) is 12.6. The number of aromatic nitrogens is 2. The molecule has 1 aliphatic carbocycles. The molecule has 0 aliphatic heterocycles. The van der Waals surface area contributed by atoms with Gasteiger partial charge in [0.15, 0.2) is 0 Å². The number of nitrogens with one attached hydrogen (secondary N) is 1. The van der Waals surface area contributed by atoms with Gasteiger partial charge in [0.2, 0.25) is 0 Å². The SMILES string of the molecule is CC1CC(Nc2cnn(C(C)C)c(=O)c2Br)C1. The van der Waals surface area contributed by atoms with E-state index in [1.807, 2.05) is 13.8 Å². The molecule has 4 nitrogen and oxygen atoms in total. The van der Waals surface area contributed by atoms with Crippen LogP contribution in [0.25, 0.3) is 0 Å². The van der Waals surface area contributed by atoms with Crippen molar-refractivity contribution in [3.63, 3.8) is 0 Å². The lowest BCUT2D eigenvalue weighted by atomic mass is 9.82. The summed E-state index contributed by atoms with van der Waals surface area (Å²) in [7, 11) is 0. The molecule has 1 fully saturated rings. The standard InChI is InChI=1S/C12H18BrN3O/c1-7(2)16-12(17)11(13)10(6-14-16)15-9-4-8(3)5-9/h6-9,15H,4-5H2,1-3H3. The van der Waals surface area contributed by atoms with Crippen LogP contribution in [-0.4, -0.2) is 15.8 Å². The Morgan fingerprint density at radius 3 is 2.71 bits per heavy atom. The van der Waals surface area contributed by atoms with Crippen molar-refractivity contribution >= 4 is 21.6 Å². The molecule has 1 heterocycles. The van der Waals surface area contributed by atoms with Crippen LogP contribution in [0.2, 0.25) is 0 Å². The average molecular weight is 300 g/mol. The van der Waals surface area contributed by atoms with E-state index in [0.29, 0.717) is 10.5 Å². The molecule has 0 aromatic carbocycles. The van der Waals surface area contributed by atoms with E-state index in [2.05, 4.69) is 33.3 Å². The maximum atomic E-state index is 12.0. The Morgan fingerprint density at radius 1 is 1.53 bits per heavy atom. The molecule has 5 heteroatoms. The van der Waals surface area contributed by atoms with Crippen LogP contribution in [0, 0.1) is 5.92 Å². The van der Waals surface area contributed by atoms with Crippen molar-refractivity contribution in [1.82, 2.24) is 9.78 Å². The minimum Gasteiger partial charge on any atom is -0.380 e. The minimum atomic E-state index is -0.0719. The van der Waals surface area contributed by atoms with E-state index in [-0.39, 0.29) is 11.6 Å². The van der Waals surface area contributed by atoms with E-state index in [4.69, 9.17) is 0 Å². The molecule has 1 saturated carbocycles. The quantitative estimate of drug-likeness (QED) is 0.933. The first-order valence-electron chi connectivity index (χ1n) is 6.03. The molecule has 1 aromatic rings. The molecule has 2 rings (SSSR count). The second-order valence-electron chi connectivity index (χ2n) is 5.13. The first-order valence-corrected chi connectivity index (χ1v) is 6.82. The van der Waals surface area contributed by atoms with Gasteiger partial charge in [0, 0.05) is 6.04 Å². The minimum absolute atomic E-state index is 0.0719. The summed E-state index contributed by atoms with van der Waals surface area (Å²) >= 11 is 3.36. The molecular formula is C12H18BrN3O. The van der Waals surface area contributed by atoms with Gasteiger partial charge in [0.1, 0.15) is 4.47 Å². The molecule has 1 aliphatic rings. The van der Waals surface area contributed by atoms with Crippen molar-refractivity contribution in [2.45, 2.75) is 45.7 Å². The van der Waals surface area contributed by atoms with Crippen LogP contribution in [0.15, 0.2) is 15.5 Å². The maximum Gasteiger partial charge on any atom is 0.283 e. The van der Waals surface area contributed by atoms with Crippen LogP contribution < -0.4 is 10.9 Å². The summed E-state index contributed by atoms with van der Waals surface area (Å²) in [6, 6.07) is 0.564. The number of anilines is 1. The van der Waals surface area contributed by atoms with Gasteiger partial charge < -0.3 is 5.32 Å². The van der Waals surface area contributed by atoms with Crippen LogP contribution >= 0.6 is 15.9 Å². The summed E-state index contributed by atoms with van der Waals surface area (Å²) in [4.78, 5) is 12.0. The molecule has 0 unspecified atom stereocenters. The largest absolute Gasteiger partial charge is 0.380 e. The summed E-state index contributed by atoms with van der Waals surface area (Å²) in [6.07, 6.45) is 4.06. The van der Waals surface area contributed by atoms with E-state index in [1.165, 1.54) is 17.5 Å². The summed E-state index contributed by atoms with van der Waals surface area (Å²) in [5.74, 6) is 0.787. The zero-order valence-corrected chi connectivity index (χ0v) is 12.0. The highest BCUT2D eigenvalue weighted by Crippen LogP contribution is 2.30. The number of rotatable bonds is 3. The molecule has 94 valence electrons. The fourth-order valence-electron chi connectivity index (χ4n) is 2.15. The van der Waals surface area contributed by atoms with E-state index in [1.54, 1.807) is 6.20 Å². The fraction of sp³-hybridized carbons (Fsp3) is 0.667. The Balaban J connectivity index is 2.19. The molecular weight excluding hydrogens is 282 g/mol. The lowest BCUT2D eigenvalue weighted by molar-refractivity contribution is 0.309. The van der Waals surface area contributed by atoms with Crippen molar-refractivity contribution in [3.05, 3.63) is 21.0 Å². The molecule has 0 radical (unpaired) electrons. The van der Waals surface area contributed by atoms with Crippen LogP contribution in [0.5, 0.6) is 0 Å². The molecule has 0 saturated heterocycles. The Hall–Kier alpha value is -0.840. The molecule has 0 amide bonds. The van der Waals surface area contributed by atoms with Crippen LogP contribution in [0.3, 0.4) is 0 Å². The normalized spacial score (nSPS) is 23.6. The van der Waals surface area contributed by atoms with Crippen LogP contribution in [-0.2, 0) is 0 Å². The van der Waals surface area contributed by atoms with Crippen molar-refractivity contribution in [2.24, 2.45) is 5.92 Å². The zero-order valence-electron chi connectivity index (χ0n) is 10.4. The summed E-state index contributed by atoms with van der Waals surface area (Å²) < 4.78 is 2.07. The van der Waals surface area contributed by atoms with Gasteiger partial charge in [-0.2, -0.15) is 5.10 Å². The second-order valence-corrected chi connectivity index (χ2v) is 5.93. The van der Waals surface area contributed by atoms with Gasteiger partial charge in [-0.3, -0.25) is 4.79 Å². The van der Waals surface area contributed by atoms with E-state index in [0.717, 1.165) is 11.6 Å². The summed E-state index contributed by atoms with van der Waals surface area (Å²) in [5.41, 5.74) is 0.737. The number of halogens is 1. The lowest BCUT2D eigenvalue weighted by Gasteiger charge is -2.34. The molecule has 1 aromatic heterocycles. The van der Waals surface area contributed by atoms with Gasteiger partial charge in [-0.05, 0) is 48.5 Å². The molecule has 0 spiro atoms. The zero-order chi connectivity index (χ0) is 12.6. The predicted molar refractivity (Wildman–Crippen MR) is 72.4 cm³/mol. The maximum absolute atomic E-state index is 12.0. The van der Waals surface area contributed by atoms with Gasteiger partial charge in [-0.1, -0.05) is 6.92 Å². The topological polar surface area (TPSA) is 46.9 Å². The van der Waals surface area contributed by atoms with Gasteiger partial charge in [0.25, 0.3) is 5.56 Å². The molecule has 0 bridgehead atoms. The molecule has 17 heavy (non-hydrogen) atoms. The van der Waals surface area contributed by atoms with E-state index in [9.17, 15) is 4.79 Å². The molecule has 1 N–H and O–H groups in total. The van der Waals surface area contributed by atoms with E-state index < -0.39 is 0 Å². The van der Waals surface area contributed by atoms with Crippen molar-refractivity contribution in [3.8, 4) is 0 Å². The second kappa shape index (κ2) is 4.80. The number of nitrogens with zero attached hydrogens (tertiary/aromatic N) is 2. The van der Waals surface area contributed by atoms with Crippen LogP contribution in [0.1, 0.15) is 39.7 Å². The Morgan fingerprint density at radius 2 is 2.18 bits per heavy atom. The predicted octanol–water partition coefficient (Wildman–Crippen LogP) is 2.80. The van der Waals surface area contributed by atoms with Gasteiger partial charge in [-0.15, -0.1) is 0 Å². The van der Waals surface area contributed by atoms with Gasteiger partial charge in [-0.25, -0.2) is 4.68 Å². The third-order valence-electron chi connectivity index (χ3n) is 3.17. The fourth-order valence-corrected chi connectivity index (χ4v) is 2.55. The van der Waals surface area contributed by atoms with Gasteiger partial charge >= 0.3 is 0 Å². The number of hydrogen-bond donors (Lipinski definition) is 1. The highest BCUT2D eigenvalue weighted by atomic mass is 79.9. The van der Waals surface area contributed by atoms with Gasteiger partial charge in [0.05, 0.1) is 17.9 Å². The lowest BCUT2D eigenvalue weighted by Crippen LogP contribution is -2.35. The third kappa shape index (κ3) is 2.54. The Kier molecular flexibility index (Phi) is 3.56. The van der Waals surface area contributed by atoms with Crippen LogP contribution in [0.4, 0.5) is 5.69 Å². The highest BCUT2D eigenvalue weighted by molar-refractivity contribution is 9.10. The number of hydrogen-bond acceptors (Lipinski definition) is 3. The monoisotopic (exact) mass is 299 g/mol. The van der Waals surface area contributed by atoms with Crippen molar-refractivity contribution in [1.29, 1.82) is 0 Å². The summed E-state index contributed by atoms with van der Waals surface area (Å²) in [6.45, 7) is 6.13. The smallest absolute Gasteiger partial charge is 0.283 e. The van der Waals surface area contributed by atoms with E-state index >= 15 is 0 Å². The first-order chi connectivity index (χ1) is 7.99. The highest BCUT2D eigenvalue weighted by Gasteiger charge is 2.26. The molecule has 0 atom stereocenters.